The van der Waals surface area contributed by atoms with E-state index < -0.39 is 4.92 Å². The van der Waals surface area contributed by atoms with Gasteiger partial charge in [-0.15, -0.1) is 0 Å². The van der Waals surface area contributed by atoms with E-state index in [1.165, 1.54) is 6.07 Å². The first kappa shape index (κ1) is 12.1. The smallest absolute Gasteiger partial charge is 0.310 e. The van der Waals surface area contributed by atoms with E-state index in [-0.39, 0.29) is 11.8 Å². The quantitative estimate of drug-likeness (QED) is 0.607. The van der Waals surface area contributed by atoms with Crippen LogP contribution in [0.1, 0.15) is 18.6 Å². The molecule has 0 aromatic heterocycles. The maximum absolute atomic E-state index is 10.9. The lowest BCUT2D eigenvalue weighted by Crippen LogP contribution is -2.04. The van der Waals surface area contributed by atoms with Gasteiger partial charge in [0.15, 0.2) is 5.75 Å². The van der Waals surface area contributed by atoms with Crippen molar-refractivity contribution in [1.29, 1.82) is 0 Å². The molecule has 4 nitrogen and oxygen atoms in total. The number of rotatable bonds is 4. The Bertz CT molecular complexity index is 540. The molecule has 0 aliphatic rings. The minimum Gasteiger partial charge on any atom is -0.479 e. The highest BCUT2D eigenvalue weighted by Crippen LogP contribution is 2.30. The molecule has 0 radical (unpaired) electrons. The molecule has 92 valence electrons. The molecule has 0 aliphatic carbocycles. The van der Waals surface area contributed by atoms with Crippen LogP contribution < -0.4 is 4.74 Å². The van der Waals surface area contributed by atoms with Gasteiger partial charge in [-0.1, -0.05) is 42.5 Å². The fourth-order valence-electron chi connectivity index (χ4n) is 1.69. The highest BCUT2D eigenvalue weighted by atomic mass is 16.6. The van der Waals surface area contributed by atoms with Gasteiger partial charge in [0.1, 0.15) is 6.10 Å². The molecule has 0 N–H and O–H groups in total. The summed E-state index contributed by atoms with van der Waals surface area (Å²) in [6, 6.07) is 16.0. The van der Waals surface area contributed by atoms with Crippen LogP contribution in [-0.4, -0.2) is 4.92 Å². The summed E-state index contributed by atoms with van der Waals surface area (Å²) in [4.78, 5) is 10.4. The first-order chi connectivity index (χ1) is 8.68. The van der Waals surface area contributed by atoms with Crippen molar-refractivity contribution in [2.75, 3.05) is 0 Å². The van der Waals surface area contributed by atoms with Gasteiger partial charge in [-0.25, -0.2) is 0 Å². The van der Waals surface area contributed by atoms with Crippen LogP contribution in [0.5, 0.6) is 5.75 Å². The van der Waals surface area contributed by atoms with Crippen LogP contribution in [0.2, 0.25) is 0 Å². The second kappa shape index (κ2) is 5.31. The number of para-hydroxylation sites is 2. The fraction of sp³-hybridized carbons (Fsp3) is 0.143. The molecule has 0 fully saturated rings. The molecule has 0 saturated heterocycles. The first-order valence-corrected chi connectivity index (χ1v) is 5.63. The first-order valence-electron chi connectivity index (χ1n) is 5.63. The zero-order valence-corrected chi connectivity index (χ0v) is 9.95. The zero-order chi connectivity index (χ0) is 13.0. The molecule has 1 unspecified atom stereocenters. The topological polar surface area (TPSA) is 52.4 Å². The van der Waals surface area contributed by atoms with E-state index in [2.05, 4.69) is 0 Å². The molecule has 0 heterocycles. The molecular weight excluding hydrogens is 230 g/mol. The maximum atomic E-state index is 10.9. The van der Waals surface area contributed by atoms with Gasteiger partial charge in [0.05, 0.1) is 4.92 Å². The van der Waals surface area contributed by atoms with E-state index in [1.54, 1.807) is 18.2 Å². The predicted molar refractivity (Wildman–Crippen MR) is 68.6 cm³/mol. The average molecular weight is 243 g/mol. The lowest BCUT2D eigenvalue weighted by molar-refractivity contribution is -0.386. The Balaban J connectivity index is 2.22. The Kier molecular flexibility index (Phi) is 3.57. The molecule has 0 aliphatic heterocycles. The predicted octanol–water partition coefficient (Wildman–Crippen LogP) is 3.73. The Morgan fingerprint density at radius 1 is 1.06 bits per heavy atom. The van der Waals surface area contributed by atoms with Crippen LogP contribution in [0, 0.1) is 10.1 Å². The molecule has 2 aromatic carbocycles. The highest BCUT2D eigenvalue weighted by Gasteiger charge is 2.16. The van der Waals surface area contributed by atoms with E-state index in [9.17, 15) is 10.1 Å². The highest BCUT2D eigenvalue weighted by molar-refractivity contribution is 5.46. The van der Waals surface area contributed by atoms with Crippen LogP contribution in [0.15, 0.2) is 54.6 Å². The normalized spacial score (nSPS) is 11.8. The number of nitrogens with zero attached hydrogens (tertiary/aromatic N) is 1. The zero-order valence-electron chi connectivity index (χ0n) is 9.95. The van der Waals surface area contributed by atoms with Crippen LogP contribution in [-0.2, 0) is 0 Å². The van der Waals surface area contributed by atoms with Crippen LogP contribution in [0.3, 0.4) is 0 Å². The summed E-state index contributed by atoms with van der Waals surface area (Å²) in [6.07, 6.45) is -0.229. The molecule has 2 aromatic rings. The van der Waals surface area contributed by atoms with E-state index in [0.29, 0.717) is 5.75 Å². The largest absolute Gasteiger partial charge is 0.479 e. The van der Waals surface area contributed by atoms with Crippen molar-refractivity contribution < 1.29 is 9.66 Å². The van der Waals surface area contributed by atoms with E-state index in [4.69, 9.17) is 4.74 Å². The van der Waals surface area contributed by atoms with Gasteiger partial charge in [-0.3, -0.25) is 10.1 Å². The summed E-state index contributed by atoms with van der Waals surface area (Å²) >= 11 is 0. The summed E-state index contributed by atoms with van der Waals surface area (Å²) in [7, 11) is 0. The number of hydrogen-bond acceptors (Lipinski definition) is 3. The van der Waals surface area contributed by atoms with Gasteiger partial charge in [0, 0.05) is 6.07 Å². The average Bonchev–Trinajstić information content (AvgIpc) is 2.40. The van der Waals surface area contributed by atoms with Gasteiger partial charge in [0.25, 0.3) is 0 Å². The van der Waals surface area contributed by atoms with Crippen molar-refractivity contribution >= 4 is 5.69 Å². The number of ether oxygens (including phenoxy) is 1. The number of hydrogen-bond donors (Lipinski definition) is 0. The Morgan fingerprint density at radius 3 is 2.33 bits per heavy atom. The number of benzene rings is 2. The molecule has 18 heavy (non-hydrogen) atoms. The van der Waals surface area contributed by atoms with Crippen LogP contribution >= 0.6 is 0 Å². The van der Waals surface area contributed by atoms with Crippen molar-refractivity contribution in [3.63, 3.8) is 0 Å². The molecular formula is C14H13NO3. The van der Waals surface area contributed by atoms with Crippen molar-refractivity contribution in [3.05, 3.63) is 70.3 Å². The summed E-state index contributed by atoms with van der Waals surface area (Å²) in [6.45, 7) is 1.87. The molecule has 2 rings (SSSR count). The van der Waals surface area contributed by atoms with Crippen molar-refractivity contribution in [2.45, 2.75) is 13.0 Å². The summed E-state index contributed by atoms with van der Waals surface area (Å²) in [5.41, 5.74) is 0.968. The molecule has 1 atom stereocenters. The Hall–Kier alpha value is -2.36. The monoisotopic (exact) mass is 243 g/mol. The molecule has 0 amide bonds. The minimum absolute atomic E-state index is 0.0136. The molecule has 0 bridgehead atoms. The summed E-state index contributed by atoms with van der Waals surface area (Å²) in [5, 5.41) is 10.9. The standard InChI is InChI=1S/C14H13NO3/c1-11(12-7-3-2-4-8-12)18-14-10-6-5-9-13(14)15(16)17/h2-11H,1H3. The van der Waals surface area contributed by atoms with Gasteiger partial charge in [-0.2, -0.15) is 0 Å². The van der Waals surface area contributed by atoms with Gasteiger partial charge < -0.3 is 4.74 Å². The van der Waals surface area contributed by atoms with Crippen LogP contribution in [0.25, 0.3) is 0 Å². The second-order valence-corrected chi connectivity index (χ2v) is 3.90. The Morgan fingerprint density at radius 2 is 1.67 bits per heavy atom. The van der Waals surface area contributed by atoms with E-state index in [1.807, 2.05) is 37.3 Å². The van der Waals surface area contributed by atoms with Gasteiger partial charge in [0.2, 0.25) is 0 Å². The molecule has 0 saturated carbocycles. The third kappa shape index (κ3) is 2.66. The Labute approximate surface area is 105 Å². The fourth-order valence-corrected chi connectivity index (χ4v) is 1.69. The minimum atomic E-state index is -0.437. The SMILES string of the molecule is CC(Oc1ccccc1[N+](=O)[O-])c1ccccc1. The van der Waals surface area contributed by atoms with Crippen molar-refractivity contribution in [2.24, 2.45) is 0 Å². The maximum Gasteiger partial charge on any atom is 0.310 e. The molecule has 0 spiro atoms. The van der Waals surface area contributed by atoms with Crippen molar-refractivity contribution in [3.8, 4) is 5.75 Å². The lowest BCUT2D eigenvalue weighted by atomic mass is 10.1. The van der Waals surface area contributed by atoms with Gasteiger partial charge >= 0.3 is 5.69 Å². The molecule has 4 heteroatoms. The third-order valence-electron chi connectivity index (χ3n) is 2.63. The summed E-state index contributed by atoms with van der Waals surface area (Å²) in [5.74, 6) is 0.291. The lowest BCUT2D eigenvalue weighted by Gasteiger charge is -2.14. The van der Waals surface area contributed by atoms with E-state index >= 15 is 0 Å². The van der Waals surface area contributed by atoms with Crippen LogP contribution in [0.4, 0.5) is 5.69 Å². The number of nitro groups is 1. The van der Waals surface area contributed by atoms with Crippen molar-refractivity contribution in [1.82, 2.24) is 0 Å². The van der Waals surface area contributed by atoms with E-state index in [0.717, 1.165) is 5.56 Å². The van der Waals surface area contributed by atoms with Gasteiger partial charge in [-0.05, 0) is 18.6 Å². The summed E-state index contributed by atoms with van der Waals surface area (Å²) < 4.78 is 5.65. The second-order valence-electron chi connectivity index (χ2n) is 3.90. The third-order valence-corrected chi connectivity index (χ3v) is 2.63. The number of nitro benzene ring substituents is 1.